The van der Waals surface area contributed by atoms with E-state index in [-0.39, 0.29) is 0 Å². The van der Waals surface area contributed by atoms with Crippen molar-refractivity contribution in [3.63, 3.8) is 0 Å². The molecule has 1 saturated carbocycles. The van der Waals surface area contributed by atoms with E-state index in [1.165, 1.54) is 22.0 Å². The van der Waals surface area contributed by atoms with Gasteiger partial charge in [0.25, 0.3) is 0 Å². The molecule has 0 aromatic carbocycles. The molecule has 0 saturated heterocycles. The molecule has 0 amide bonds. The van der Waals surface area contributed by atoms with Crippen LogP contribution in [-0.2, 0) is 13.6 Å². The molecular formula is C11H17N3O2. The first-order valence-corrected chi connectivity index (χ1v) is 5.68. The average molecular weight is 223 g/mol. The third kappa shape index (κ3) is 2.61. The van der Waals surface area contributed by atoms with Gasteiger partial charge in [-0.3, -0.25) is 9.59 Å². The van der Waals surface area contributed by atoms with Crippen molar-refractivity contribution in [1.29, 1.82) is 0 Å². The second-order valence-corrected chi connectivity index (χ2v) is 4.29. The predicted molar refractivity (Wildman–Crippen MR) is 61.6 cm³/mol. The number of hydrogen-bond acceptors (Lipinski definition) is 3. The highest BCUT2D eigenvalue weighted by atomic mass is 16.2. The van der Waals surface area contributed by atoms with Crippen LogP contribution in [0.1, 0.15) is 19.3 Å². The van der Waals surface area contributed by atoms with E-state index >= 15 is 0 Å². The van der Waals surface area contributed by atoms with E-state index in [1.54, 1.807) is 19.4 Å². The lowest BCUT2D eigenvalue weighted by Gasteiger charge is -2.06. The van der Waals surface area contributed by atoms with Gasteiger partial charge in [-0.15, -0.1) is 0 Å². The van der Waals surface area contributed by atoms with Crippen LogP contribution in [0.3, 0.4) is 0 Å². The molecule has 16 heavy (non-hydrogen) atoms. The third-order valence-corrected chi connectivity index (χ3v) is 2.82. The van der Waals surface area contributed by atoms with Crippen molar-refractivity contribution in [1.82, 2.24) is 14.5 Å². The SMILES string of the molecule is Cn1ccn(CCCNC2CC2)c(=O)c1=O. The Morgan fingerprint density at radius 2 is 2.06 bits per heavy atom. The summed E-state index contributed by atoms with van der Waals surface area (Å²) in [4.78, 5) is 22.9. The zero-order valence-electron chi connectivity index (χ0n) is 9.48. The molecule has 5 heteroatoms. The molecule has 2 rings (SSSR count). The summed E-state index contributed by atoms with van der Waals surface area (Å²) in [5.41, 5.74) is -0.894. The van der Waals surface area contributed by atoms with E-state index in [1.807, 2.05) is 0 Å². The molecule has 0 spiro atoms. The van der Waals surface area contributed by atoms with Crippen molar-refractivity contribution in [3.8, 4) is 0 Å². The molecule has 5 nitrogen and oxygen atoms in total. The Morgan fingerprint density at radius 1 is 1.31 bits per heavy atom. The molecule has 0 atom stereocenters. The first kappa shape index (κ1) is 11.1. The molecule has 1 aromatic heterocycles. The Hall–Kier alpha value is -1.36. The van der Waals surface area contributed by atoms with Crippen LogP contribution in [0.5, 0.6) is 0 Å². The zero-order valence-corrected chi connectivity index (χ0v) is 9.48. The second kappa shape index (κ2) is 4.65. The largest absolute Gasteiger partial charge is 0.316 e. The molecular weight excluding hydrogens is 206 g/mol. The van der Waals surface area contributed by atoms with Gasteiger partial charge in [0, 0.05) is 32.0 Å². The summed E-state index contributed by atoms with van der Waals surface area (Å²) in [6, 6.07) is 0.695. The van der Waals surface area contributed by atoms with Gasteiger partial charge in [-0.25, -0.2) is 0 Å². The maximum atomic E-state index is 11.5. The molecule has 1 aromatic rings. The number of rotatable bonds is 5. The molecule has 0 bridgehead atoms. The average Bonchev–Trinajstić information content (AvgIpc) is 3.08. The number of hydrogen-bond donors (Lipinski definition) is 1. The van der Waals surface area contributed by atoms with Crippen molar-refractivity contribution < 1.29 is 0 Å². The first-order valence-electron chi connectivity index (χ1n) is 5.68. The van der Waals surface area contributed by atoms with Crippen molar-refractivity contribution in [2.75, 3.05) is 6.54 Å². The van der Waals surface area contributed by atoms with Crippen molar-refractivity contribution >= 4 is 0 Å². The van der Waals surface area contributed by atoms with Gasteiger partial charge in [-0.1, -0.05) is 0 Å². The molecule has 1 fully saturated rings. The summed E-state index contributed by atoms with van der Waals surface area (Å²) in [5.74, 6) is 0. The Morgan fingerprint density at radius 3 is 2.75 bits per heavy atom. The monoisotopic (exact) mass is 223 g/mol. The minimum Gasteiger partial charge on any atom is -0.314 e. The predicted octanol–water partition coefficient (Wildman–Crippen LogP) is -0.311. The summed E-state index contributed by atoms with van der Waals surface area (Å²) < 4.78 is 2.79. The Kier molecular flexibility index (Phi) is 3.24. The summed E-state index contributed by atoms with van der Waals surface area (Å²) in [6.45, 7) is 1.51. The maximum absolute atomic E-state index is 11.5. The van der Waals surface area contributed by atoms with Crippen LogP contribution in [0.25, 0.3) is 0 Å². The van der Waals surface area contributed by atoms with E-state index in [9.17, 15) is 9.59 Å². The van der Waals surface area contributed by atoms with Crippen molar-refractivity contribution in [3.05, 3.63) is 33.1 Å². The minimum absolute atomic E-state index is 0.434. The fraction of sp³-hybridized carbons (Fsp3) is 0.636. The van der Waals surface area contributed by atoms with Crippen molar-refractivity contribution in [2.45, 2.75) is 31.8 Å². The van der Waals surface area contributed by atoms with E-state index in [4.69, 9.17) is 0 Å². The molecule has 1 aliphatic rings. The second-order valence-electron chi connectivity index (χ2n) is 4.29. The number of nitrogens with one attached hydrogen (secondary N) is 1. The Balaban J connectivity index is 1.90. The highest BCUT2D eigenvalue weighted by molar-refractivity contribution is 4.85. The smallest absolute Gasteiger partial charge is 0.314 e. The normalized spacial score (nSPS) is 15.3. The molecule has 88 valence electrons. The van der Waals surface area contributed by atoms with Crippen LogP contribution in [-0.4, -0.2) is 21.7 Å². The lowest BCUT2D eigenvalue weighted by molar-refractivity contribution is 0.558. The Labute approximate surface area is 93.7 Å². The van der Waals surface area contributed by atoms with Gasteiger partial charge < -0.3 is 14.5 Å². The molecule has 0 aliphatic heterocycles. The van der Waals surface area contributed by atoms with E-state index in [0.29, 0.717) is 12.6 Å². The molecule has 1 heterocycles. The van der Waals surface area contributed by atoms with E-state index in [2.05, 4.69) is 5.32 Å². The van der Waals surface area contributed by atoms with Gasteiger partial charge in [-0.05, 0) is 25.8 Å². The van der Waals surface area contributed by atoms with Gasteiger partial charge in [0.1, 0.15) is 0 Å². The van der Waals surface area contributed by atoms with Crippen LogP contribution in [0, 0.1) is 0 Å². The lowest BCUT2D eigenvalue weighted by atomic mass is 10.4. The molecule has 0 radical (unpaired) electrons. The van der Waals surface area contributed by atoms with E-state index < -0.39 is 11.1 Å². The fourth-order valence-corrected chi connectivity index (χ4v) is 1.61. The maximum Gasteiger partial charge on any atom is 0.316 e. The summed E-state index contributed by atoms with van der Waals surface area (Å²) >= 11 is 0. The minimum atomic E-state index is -0.461. The number of aromatic nitrogens is 2. The zero-order chi connectivity index (χ0) is 11.5. The summed E-state index contributed by atoms with van der Waals surface area (Å²) in [6.07, 6.45) is 6.71. The van der Waals surface area contributed by atoms with Crippen LogP contribution >= 0.6 is 0 Å². The molecule has 1 N–H and O–H groups in total. The number of aryl methyl sites for hydroxylation is 2. The van der Waals surface area contributed by atoms with E-state index in [0.717, 1.165) is 13.0 Å². The van der Waals surface area contributed by atoms with Crippen molar-refractivity contribution in [2.24, 2.45) is 7.05 Å². The first-order chi connectivity index (χ1) is 7.68. The van der Waals surface area contributed by atoms with Gasteiger partial charge in [0.2, 0.25) is 0 Å². The van der Waals surface area contributed by atoms with Gasteiger partial charge in [0.15, 0.2) is 0 Å². The van der Waals surface area contributed by atoms with Gasteiger partial charge >= 0.3 is 11.1 Å². The summed E-state index contributed by atoms with van der Waals surface area (Å²) in [7, 11) is 1.59. The topological polar surface area (TPSA) is 56.0 Å². The van der Waals surface area contributed by atoms with Crippen LogP contribution in [0.2, 0.25) is 0 Å². The fourth-order valence-electron chi connectivity index (χ4n) is 1.61. The quantitative estimate of drug-likeness (QED) is 0.550. The Bertz CT molecular complexity index is 471. The third-order valence-electron chi connectivity index (χ3n) is 2.82. The van der Waals surface area contributed by atoms with Crippen LogP contribution < -0.4 is 16.4 Å². The summed E-state index contributed by atoms with van der Waals surface area (Å²) in [5, 5.41) is 3.37. The molecule has 0 unspecified atom stereocenters. The lowest BCUT2D eigenvalue weighted by Crippen LogP contribution is -2.39. The standard InChI is InChI=1S/C11H17N3O2/c1-13-7-8-14(11(16)10(13)15)6-2-5-12-9-3-4-9/h7-9,12H,2-6H2,1H3. The van der Waals surface area contributed by atoms with Crippen LogP contribution in [0.15, 0.2) is 22.0 Å². The van der Waals surface area contributed by atoms with Gasteiger partial charge in [0.05, 0.1) is 0 Å². The number of nitrogens with zero attached hydrogens (tertiary/aromatic N) is 2. The highest BCUT2D eigenvalue weighted by Crippen LogP contribution is 2.18. The van der Waals surface area contributed by atoms with Crippen LogP contribution in [0.4, 0.5) is 0 Å². The molecule has 1 aliphatic carbocycles. The van der Waals surface area contributed by atoms with Gasteiger partial charge in [-0.2, -0.15) is 0 Å². The highest BCUT2D eigenvalue weighted by Gasteiger charge is 2.19.